The first-order valence-corrected chi connectivity index (χ1v) is 17.6. The minimum Gasteiger partial charge on any atom is -0.309 e. The molecule has 51 heavy (non-hydrogen) atoms. The largest absolute Gasteiger partial charge is 0.309 e. The SMILES string of the molecule is CC1(C)c2ccccc2-c2c(-c3nc(-n4c5ccccc5c5cc6c(cc54)c4ccccc4n6-c4ccccc4)c4ccccc4n3)cccc21. The second-order valence-electron chi connectivity index (χ2n) is 14.2. The molecule has 4 heteroatoms. The molecule has 3 heterocycles. The van der Waals surface area contributed by atoms with Gasteiger partial charge < -0.3 is 4.57 Å². The number of nitrogens with zero attached hydrogens (tertiary/aromatic N) is 4. The molecule has 1 aliphatic carbocycles. The zero-order valence-corrected chi connectivity index (χ0v) is 28.3. The van der Waals surface area contributed by atoms with Crippen LogP contribution in [-0.2, 0) is 5.41 Å². The third-order valence-electron chi connectivity index (χ3n) is 11.1. The lowest BCUT2D eigenvalue weighted by atomic mass is 9.82. The Hall–Kier alpha value is -6.52. The lowest BCUT2D eigenvalue weighted by Crippen LogP contribution is -2.14. The third-order valence-corrected chi connectivity index (χ3v) is 11.1. The first kappa shape index (κ1) is 28.3. The van der Waals surface area contributed by atoms with Crippen molar-refractivity contribution in [3.8, 4) is 34.0 Å². The van der Waals surface area contributed by atoms with Crippen molar-refractivity contribution in [2.24, 2.45) is 0 Å². The van der Waals surface area contributed by atoms with Crippen molar-refractivity contribution in [2.45, 2.75) is 19.3 Å². The zero-order valence-electron chi connectivity index (χ0n) is 28.3. The van der Waals surface area contributed by atoms with Gasteiger partial charge in [-0.2, -0.15) is 0 Å². The van der Waals surface area contributed by atoms with E-state index < -0.39 is 0 Å². The molecule has 4 nitrogen and oxygen atoms in total. The van der Waals surface area contributed by atoms with Gasteiger partial charge in [0.25, 0.3) is 0 Å². The van der Waals surface area contributed by atoms with E-state index in [-0.39, 0.29) is 5.41 Å². The maximum atomic E-state index is 5.55. The minimum atomic E-state index is -0.112. The Balaban J connectivity index is 1.25. The van der Waals surface area contributed by atoms with Crippen LogP contribution in [0.15, 0.2) is 158 Å². The van der Waals surface area contributed by atoms with Crippen molar-refractivity contribution in [2.75, 3.05) is 0 Å². The predicted octanol–water partition coefficient (Wildman–Crippen LogP) is 11.8. The van der Waals surface area contributed by atoms with Gasteiger partial charge in [-0.15, -0.1) is 0 Å². The van der Waals surface area contributed by atoms with Crippen molar-refractivity contribution >= 4 is 54.5 Å². The number of fused-ring (bicyclic) bond motifs is 10. The quantitative estimate of drug-likeness (QED) is 0.190. The first-order chi connectivity index (χ1) is 25.1. The molecule has 0 saturated heterocycles. The van der Waals surface area contributed by atoms with Gasteiger partial charge in [-0.3, -0.25) is 4.57 Å². The molecule has 0 radical (unpaired) electrons. The Morgan fingerprint density at radius 2 is 1.00 bits per heavy atom. The lowest BCUT2D eigenvalue weighted by Gasteiger charge is -2.21. The van der Waals surface area contributed by atoms with Crippen LogP contribution in [0.1, 0.15) is 25.0 Å². The molecule has 0 unspecified atom stereocenters. The predicted molar refractivity (Wildman–Crippen MR) is 211 cm³/mol. The highest BCUT2D eigenvalue weighted by molar-refractivity contribution is 6.19. The molecule has 240 valence electrons. The van der Waals surface area contributed by atoms with Crippen LogP contribution in [0.4, 0.5) is 0 Å². The van der Waals surface area contributed by atoms with Crippen LogP contribution >= 0.6 is 0 Å². The van der Waals surface area contributed by atoms with Gasteiger partial charge in [0.1, 0.15) is 5.82 Å². The van der Waals surface area contributed by atoms with E-state index in [1.54, 1.807) is 0 Å². The molecular weight excluding hydrogens is 621 g/mol. The highest BCUT2D eigenvalue weighted by atomic mass is 15.1. The Labute approximate surface area is 294 Å². The van der Waals surface area contributed by atoms with Crippen LogP contribution in [0.5, 0.6) is 0 Å². The summed E-state index contributed by atoms with van der Waals surface area (Å²) in [6, 6.07) is 56.7. The first-order valence-electron chi connectivity index (χ1n) is 17.6. The van der Waals surface area contributed by atoms with Crippen molar-refractivity contribution < 1.29 is 0 Å². The number of hydrogen-bond acceptors (Lipinski definition) is 2. The third kappa shape index (κ3) is 3.85. The molecule has 0 saturated carbocycles. The van der Waals surface area contributed by atoms with E-state index in [0.717, 1.165) is 44.8 Å². The average molecular weight is 653 g/mol. The van der Waals surface area contributed by atoms with Crippen LogP contribution in [0, 0.1) is 0 Å². The fourth-order valence-corrected chi connectivity index (χ4v) is 8.81. The summed E-state index contributed by atoms with van der Waals surface area (Å²) in [7, 11) is 0. The van der Waals surface area contributed by atoms with E-state index in [1.165, 1.54) is 54.8 Å². The van der Waals surface area contributed by atoms with E-state index in [4.69, 9.17) is 9.97 Å². The second-order valence-corrected chi connectivity index (χ2v) is 14.2. The van der Waals surface area contributed by atoms with E-state index in [0.29, 0.717) is 0 Å². The van der Waals surface area contributed by atoms with Gasteiger partial charge in [-0.1, -0.05) is 123 Å². The molecule has 10 aromatic rings. The molecular formula is C47H32N4. The van der Waals surface area contributed by atoms with Crippen LogP contribution in [0.2, 0.25) is 0 Å². The van der Waals surface area contributed by atoms with Gasteiger partial charge in [0.2, 0.25) is 0 Å². The van der Waals surface area contributed by atoms with Crippen molar-refractivity contribution in [1.29, 1.82) is 0 Å². The van der Waals surface area contributed by atoms with Crippen LogP contribution in [0.3, 0.4) is 0 Å². The minimum absolute atomic E-state index is 0.112. The molecule has 0 atom stereocenters. The normalized spacial score (nSPS) is 13.5. The molecule has 0 spiro atoms. The fraction of sp³-hybridized carbons (Fsp3) is 0.0638. The molecule has 0 bridgehead atoms. The van der Waals surface area contributed by atoms with E-state index >= 15 is 0 Å². The molecule has 0 amide bonds. The molecule has 0 fully saturated rings. The Morgan fingerprint density at radius 3 is 1.76 bits per heavy atom. The summed E-state index contributed by atoms with van der Waals surface area (Å²) >= 11 is 0. The maximum Gasteiger partial charge on any atom is 0.162 e. The molecule has 11 rings (SSSR count). The Bertz CT molecular complexity index is 3050. The monoisotopic (exact) mass is 652 g/mol. The topological polar surface area (TPSA) is 35.6 Å². The fourth-order valence-electron chi connectivity index (χ4n) is 8.81. The summed E-state index contributed by atoms with van der Waals surface area (Å²) in [5, 5.41) is 5.84. The number of aromatic nitrogens is 4. The Kier molecular flexibility index (Phi) is 5.70. The van der Waals surface area contributed by atoms with E-state index in [1.807, 2.05) is 0 Å². The van der Waals surface area contributed by atoms with E-state index in [9.17, 15) is 0 Å². The van der Waals surface area contributed by atoms with Gasteiger partial charge in [0.15, 0.2) is 5.82 Å². The molecule has 0 aliphatic heterocycles. The summed E-state index contributed by atoms with van der Waals surface area (Å²) in [5.74, 6) is 1.62. The van der Waals surface area contributed by atoms with Gasteiger partial charge in [0, 0.05) is 43.6 Å². The number of hydrogen-bond donors (Lipinski definition) is 0. The molecule has 3 aromatic heterocycles. The number of benzene rings is 7. The summed E-state index contributed by atoms with van der Waals surface area (Å²) in [4.78, 5) is 10.8. The number of rotatable bonds is 3. The van der Waals surface area contributed by atoms with Crippen molar-refractivity contribution in [3.63, 3.8) is 0 Å². The highest BCUT2D eigenvalue weighted by Crippen LogP contribution is 2.52. The average Bonchev–Trinajstić information content (AvgIpc) is 3.76. The summed E-state index contributed by atoms with van der Waals surface area (Å²) in [6.45, 7) is 4.64. The van der Waals surface area contributed by atoms with Gasteiger partial charge in [-0.25, -0.2) is 9.97 Å². The summed E-state index contributed by atoms with van der Waals surface area (Å²) < 4.78 is 4.76. The van der Waals surface area contributed by atoms with Crippen LogP contribution < -0.4 is 0 Å². The smallest absolute Gasteiger partial charge is 0.162 e. The zero-order chi connectivity index (χ0) is 33.8. The van der Waals surface area contributed by atoms with Crippen molar-refractivity contribution in [1.82, 2.24) is 19.1 Å². The van der Waals surface area contributed by atoms with Gasteiger partial charge >= 0.3 is 0 Å². The van der Waals surface area contributed by atoms with Crippen LogP contribution in [-0.4, -0.2) is 19.1 Å². The summed E-state index contributed by atoms with van der Waals surface area (Å²) in [6.07, 6.45) is 0. The number of para-hydroxylation sites is 4. The molecule has 1 aliphatic rings. The maximum absolute atomic E-state index is 5.55. The van der Waals surface area contributed by atoms with E-state index in [2.05, 4.69) is 181 Å². The molecule has 0 N–H and O–H groups in total. The standard InChI is InChI=1S/C47H32N4/c1-47(2)37-22-10-6-19-32(37)44-34(21-14-23-38(44)47)45-48-39-24-11-7-20-33(39)46(49-45)51-41-26-13-9-18-31(41)36-27-42-35(28-43(36)51)30-17-8-12-25-40(30)50(42)29-15-4-3-5-16-29/h3-28H,1-2H3. The molecule has 7 aromatic carbocycles. The highest BCUT2D eigenvalue weighted by Gasteiger charge is 2.37. The Morgan fingerprint density at radius 1 is 0.431 bits per heavy atom. The van der Waals surface area contributed by atoms with Crippen molar-refractivity contribution in [3.05, 3.63) is 169 Å². The second kappa shape index (κ2) is 10.3. The van der Waals surface area contributed by atoms with Gasteiger partial charge in [-0.05, 0) is 70.8 Å². The summed E-state index contributed by atoms with van der Waals surface area (Å²) in [5.41, 5.74) is 12.8. The van der Waals surface area contributed by atoms with Crippen LogP contribution in [0.25, 0.3) is 88.5 Å². The lowest BCUT2D eigenvalue weighted by molar-refractivity contribution is 0.660. The van der Waals surface area contributed by atoms with Gasteiger partial charge in [0.05, 0.1) is 27.6 Å².